The fraction of sp³-hybridized carbons (Fsp3) is 0.520. The predicted molar refractivity (Wildman–Crippen MR) is 120 cm³/mol. The number of carbonyl (C=O) groups excluding carboxylic acids is 2. The maximum Gasteiger partial charge on any atom is 0.289 e. The molecule has 0 saturated carbocycles. The van der Waals surface area contributed by atoms with Crippen molar-refractivity contribution in [3.8, 4) is 0 Å². The molecule has 4 rings (SSSR count). The third-order valence-corrected chi connectivity index (χ3v) is 6.53. The van der Waals surface area contributed by atoms with Gasteiger partial charge in [0.25, 0.3) is 5.91 Å². The molecule has 1 aromatic carbocycles. The molecule has 0 spiro atoms. The molecule has 31 heavy (non-hydrogen) atoms. The number of nitrogens with zero attached hydrogens (tertiary/aromatic N) is 3. The zero-order valence-electron chi connectivity index (χ0n) is 18.6. The molecule has 2 saturated heterocycles. The maximum absolute atomic E-state index is 13.1. The SMILES string of the molecule is CC(C)c1ccc(CN2CCN(C(=O)C3CCCN(C(=O)c4ccco4)C3)CC2)cc1. The lowest BCUT2D eigenvalue weighted by atomic mass is 9.96. The number of hydrogen-bond acceptors (Lipinski definition) is 4. The lowest BCUT2D eigenvalue weighted by Crippen LogP contribution is -2.52. The van der Waals surface area contributed by atoms with Crippen molar-refractivity contribution in [3.05, 3.63) is 59.5 Å². The van der Waals surface area contributed by atoms with Crippen molar-refractivity contribution in [1.82, 2.24) is 14.7 Å². The van der Waals surface area contributed by atoms with Crippen molar-refractivity contribution < 1.29 is 14.0 Å². The molecular formula is C25H33N3O3. The van der Waals surface area contributed by atoms with Gasteiger partial charge in [-0.2, -0.15) is 0 Å². The average molecular weight is 424 g/mol. The van der Waals surface area contributed by atoms with E-state index in [1.165, 1.54) is 17.4 Å². The van der Waals surface area contributed by atoms with E-state index in [-0.39, 0.29) is 17.7 Å². The highest BCUT2D eigenvalue weighted by Gasteiger charge is 2.33. The second-order valence-corrected chi connectivity index (χ2v) is 9.07. The molecule has 2 aromatic rings. The Bertz CT molecular complexity index is 868. The number of furan rings is 1. The van der Waals surface area contributed by atoms with Crippen LogP contribution in [0.25, 0.3) is 0 Å². The first-order valence-corrected chi connectivity index (χ1v) is 11.4. The van der Waals surface area contributed by atoms with Crippen LogP contribution >= 0.6 is 0 Å². The Balaban J connectivity index is 1.27. The van der Waals surface area contributed by atoms with Gasteiger partial charge >= 0.3 is 0 Å². The summed E-state index contributed by atoms with van der Waals surface area (Å²) in [6.07, 6.45) is 3.22. The van der Waals surface area contributed by atoms with Crippen molar-refractivity contribution in [2.45, 2.75) is 39.2 Å². The summed E-state index contributed by atoms with van der Waals surface area (Å²) < 4.78 is 5.25. The zero-order chi connectivity index (χ0) is 21.8. The van der Waals surface area contributed by atoms with Crippen LogP contribution in [0, 0.1) is 5.92 Å². The Hall–Kier alpha value is -2.60. The third kappa shape index (κ3) is 5.18. The maximum atomic E-state index is 13.1. The van der Waals surface area contributed by atoms with E-state index in [1.54, 1.807) is 17.0 Å². The number of likely N-dealkylation sites (tertiary alicyclic amines) is 1. The number of carbonyl (C=O) groups is 2. The van der Waals surface area contributed by atoms with Crippen molar-refractivity contribution in [1.29, 1.82) is 0 Å². The summed E-state index contributed by atoms with van der Waals surface area (Å²) in [7, 11) is 0. The zero-order valence-corrected chi connectivity index (χ0v) is 18.6. The van der Waals surface area contributed by atoms with Crippen molar-refractivity contribution in [3.63, 3.8) is 0 Å². The molecule has 0 radical (unpaired) electrons. The number of amides is 2. The van der Waals surface area contributed by atoms with Crippen LogP contribution in [0.5, 0.6) is 0 Å². The summed E-state index contributed by atoms with van der Waals surface area (Å²) in [6, 6.07) is 12.3. The van der Waals surface area contributed by atoms with E-state index in [0.29, 0.717) is 24.8 Å². The second-order valence-electron chi connectivity index (χ2n) is 9.07. The number of piperidine rings is 1. The minimum atomic E-state index is -0.115. The summed E-state index contributed by atoms with van der Waals surface area (Å²) >= 11 is 0. The van der Waals surface area contributed by atoms with Crippen LogP contribution < -0.4 is 0 Å². The van der Waals surface area contributed by atoms with Crippen LogP contribution in [-0.4, -0.2) is 65.8 Å². The summed E-state index contributed by atoms with van der Waals surface area (Å²) in [6.45, 7) is 9.81. The molecule has 1 unspecified atom stereocenters. The molecule has 3 heterocycles. The summed E-state index contributed by atoms with van der Waals surface area (Å²) in [5.74, 6) is 0.869. The van der Waals surface area contributed by atoms with Gasteiger partial charge in [0.15, 0.2) is 5.76 Å². The van der Waals surface area contributed by atoms with E-state index >= 15 is 0 Å². The number of piperazine rings is 1. The standard InChI is InChI=1S/C25H33N3O3/c1-19(2)21-9-7-20(8-10-21)17-26-12-14-27(15-13-26)24(29)22-5-3-11-28(18-22)25(30)23-6-4-16-31-23/h4,6-10,16,19,22H,3,5,11-15,17-18H2,1-2H3. The molecule has 2 amide bonds. The number of hydrogen-bond donors (Lipinski definition) is 0. The quantitative estimate of drug-likeness (QED) is 0.737. The molecular weight excluding hydrogens is 390 g/mol. The van der Waals surface area contributed by atoms with Gasteiger partial charge in [-0.15, -0.1) is 0 Å². The summed E-state index contributed by atoms with van der Waals surface area (Å²) in [5.41, 5.74) is 2.69. The van der Waals surface area contributed by atoms with E-state index < -0.39 is 0 Å². The normalized spacial score (nSPS) is 20.3. The topological polar surface area (TPSA) is 57.0 Å². The summed E-state index contributed by atoms with van der Waals surface area (Å²) in [5, 5.41) is 0. The largest absolute Gasteiger partial charge is 0.459 e. The fourth-order valence-electron chi connectivity index (χ4n) is 4.57. The minimum Gasteiger partial charge on any atom is -0.459 e. The van der Waals surface area contributed by atoms with Gasteiger partial charge in [-0.3, -0.25) is 14.5 Å². The van der Waals surface area contributed by atoms with Gasteiger partial charge in [0, 0.05) is 45.8 Å². The van der Waals surface area contributed by atoms with Crippen molar-refractivity contribution >= 4 is 11.8 Å². The van der Waals surface area contributed by atoms with Gasteiger partial charge in [0.2, 0.25) is 5.91 Å². The van der Waals surface area contributed by atoms with Crippen LogP contribution in [0.4, 0.5) is 0 Å². The van der Waals surface area contributed by atoms with Gasteiger partial charge in [0.05, 0.1) is 12.2 Å². The number of rotatable bonds is 5. The highest BCUT2D eigenvalue weighted by Crippen LogP contribution is 2.22. The third-order valence-electron chi connectivity index (χ3n) is 6.53. The van der Waals surface area contributed by atoms with E-state index in [1.807, 2.05) is 4.90 Å². The molecule has 166 valence electrons. The predicted octanol–water partition coefficient (Wildman–Crippen LogP) is 3.60. The van der Waals surface area contributed by atoms with Crippen LogP contribution in [0.1, 0.15) is 54.3 Å². The van der Waals surface area contributed by atoms with Crippen LogP contribution in [0.3, 0.4) is 0 Å². The smallest absolute Gasteiger partial charge is 0.289 e. The monoisotopic (exact) mass is 423 g/mol. The van der Waals surface area contributed by atoms with Gasteiger partial charge in [-0.1, -0.05) is 38.1 Å². The van der Waals surface area contributed by atoms with E-state index in [0.717, 1.165) is 45.6 Å². The average Bonchev–Trinajstić information content (AvgIpc) is 3.34. The Kier molecular flexibility index (Phi) is 6.76. The molecule has 0 aliphatic carbocycles. The first-order valence-electron chi connectivity index (χ1n) is 11.4. The molecule has 6 heteroatoms. The second kappa shape index (κ2) is 9.69. The Labute approximate surface area is 184 Å². The summed E-state index contributed by atoms with van der Waals surface area (Å²) in [4.78, 5) is 31.9. The molecule has 0 N–H and O–H groups in total. The molecule has 2 fully saturated rings. The van der Waals surface area contributed by atoms with E-state index in [4.69, 9.17) is 4.42 Å². The van der Waals surface area contributed by atoms with Crippen LogP contribution in [-0.2, 0) is 11.3 Å². The van der Waals surface area contributed by atoms with Gasteiger partial charge in [0.1, 0.15) is 0 Å². The van der Waals surface area contributed by atoms with Crippen molar-refractivity contribution in [2.24, 2.45) is 5.92 Å². The first kappa shape index (κ1) is 21.6. The Morgan fingerprint density at radius 1 is 1.00 bits per heavy atom. The molecule has 0 bridgehead atoms. The highest BCUT2D eigenvalue weighted by molar-refractivity contribution is 5.92. The van der Waals surface area contributed by atoms with Crippen molar-refractivity contribution in [2.75, 3.05) is 39.3 Å². The van der Waals surface area contributed by atoms with E-state index in [9.17, 15) is 9.59 Å². The van der Waals surface area contributed by atoms with E-state index in [2.05, 4.69) is 43.0 Å². The fourth-order valence-corrected chi connectivity index (χ4v) is 4.57. The first-order chi connectivity index (χ1) is 15.0. The molecule has 1 atom stereocenters. The van der Waals surface area contributed by atoms with Crippen LogP contribution in [0.15, 0.2) is 47.1 Å². The minimum absolute atomic E-state index is 0.109. The van der Waals surface area contributed by atoms with Gasteiger partial charge in [-0.05, 0) is 42.0 Å². The lowest BCUT2D eigenvalue weighted by molar-refractivity contribution is -0.138. The Morgan fingerprint density at radius 3 is 2.39 bits per heavy atom. The van der Waals surface area contributed by atoms with Crippen LogP contribution in [0.2, 0.25) is 0 Å². The molecule has 2 aliphatic rings. The van der Waals surface area contributed by atoms with Gasteiger partial charge < -0.3 is 14.2 Å². The Morgan fingerprint density at radius 2 is 1.74 bits per heavy atom. The molecule has 6 nitrogen and oxygen atoms in total. The number of benzene rings is 1. The molecule has 2 aliphatic heterocycles. The lowest BCUT2D eigenvalue weighted by Gasteiger charge is -2.39. The highest BCUT2D eigenvalue weighted by atomic mass is 16.3. The molecule has 1 aromatic heterocycles. The van der Waals surface area contributed by atoms with Gasteiger partial charge in [-0.25, -0.2) is 0 Å².